The highest BCUT2D eigenvalue weighted by atomic mass is 16.5. The Kier molecular flexibility index (Phi) is 8.07. The minimum absolute atomic E-state index is 0.0160. The van der Waals surface area contributed by atoms with Gasteiger partial charge in [-0.15, -0.1) is 0 Å². The minimum Gasteiger partial charge on any atom is -0.481 e. The van der Waals surface area contributed by atoms with E-state index in [1.54, 1.807) is 4.90 Å². The molecule has 2 amide bonds. The van der Waals surface area contributed by atoms with Crippen molar-refractivity contribution in [2.45, 2.75) is 31.8 Å². The number of rotatable bonds is 8. The fourth-order valence-electron chi connectivity index (χ4n) is 2.24. The highest BCUT2D eigenvalue weighted by Gasteiger charge is 2.22. The third kappa shape index (κ3) is 7.87. The van der Waals surface area contributed by atoms with Crippen molar-refractivity contribution >= 4 is 12.0 Å². The average Bonchev–Trinajstić information content (AvgIpc) is 2.43. The van der Waals surface area contributed by atoms with E-state index in [1.165, 1.54) is 0 Å². The monoisotopic (exact) mass is 301 g/mol. The summed E-state index contributed by atoms with van der Waals surface area (Å²) in [6.45, 7) is 3.22. The number of nitrogens with one attached hydrogen (secondary N) is 1. The number of hydrogen-bond donors (Lipinski definition) is 2. The van der Waals surface area contributed by atoms with Gasteiger partial charge in [-0.05, 0) is 39.9 Å². The fraction of sp³-hybridized carbons (Fsp3) is 0.857. The van der Waals surface area contributed by atoms with Crippen molar-refractivity contribution in [3.8, 4) is 0 Å². The predicted octanol–water partition coefficient (Wildman–Crippen LogP) is 0.603. The van der Waals surface area contributed by atoms with Crippen molar-refractivity contribution in [2.24, 2.45) is 0 Å². The van der Waals surface area contributed by atoms with Gasteiger partial charge < -0.3 is 25.0 Å². The Morgan fingerprint density at radius 1 is 1.33 bits per heavy atom. The van der Waals surface area contributed by atoms with E-state index in [9.17, 15) is 9.59 Å². The Balaban J connectivity index is 2.11. The van der Waals surface area contributed by atoms with Gasteiger partial charge in [-0.1, -0.05) is 0 Å². The van der Waals surface area contributed by atoms with Gasteiger partial charge in [0.25, 0.3) is 0 Å². The van der Waals surface area contributed by atoms with Crippen LogP contribution in [0.1, 0.15) is 25.7 Å². The molecular weight excluding hydrogens is 274 g/mol. The molecule has 7 nitrogen and oxygen atoms in total. The molecule has 0 aliphatic carbocycles. The second kappa shape index (κ2) is 9.57. The zero-order valence-electron chi connectivity index (χ0n) is 13.0. The van der Waals surface area contributed by atoms with Gasteiger partial charge in [0.1, 0.15) is 0 Å². The summed E-state index contributed by atoms with van der Waals surface area (Å²) in [5, 5.41) is 11.5. The molecule has 0 bridgehead atoms. The molecular formula is C14H27N3O4. The number of amides is 2. The number of urea groups is 1. The van der Waals surface area contributed by atoms with Crippen LogP contribution < -0.4 is 5.32 Å². The number of carbonyl (C=O) groups is 2. The quantitative estimate of drug-likeness (QED) is 0.642. The number of piperidine rings is 1. The Morgan fingerprint density at radius 3 is 2.57 bits per heavy atom. The molecule has 2 N–H and O–H groups in total. The molecule has 122 valence electrons. The summed E-state index contributed by atoms with van der Waals surface area (Å²) in [5.41, 5.74) is 0. The van der Waals surface area contributed by atoms with Crippen LogP contribution in [0.5, 0.6) is 0 Å². The van der Waals surface area contributed by atoms with Crippen LogP contribution in [0, 0.1) is 0 Å². The zero-order valence-corrected chi connectivity index (χ0v) is 13.0. The lowest BCUT2D eigenvalue weighted by Crippen LogP contribution is -2.46. The number of aliphatic carboxylic acids is 1. The van der Waals surface area contributed by atoms with Crippen LogP contribution in [-0.2, 0) is 9.53 Å². The van der Waals surface area contributed by atoms with E-state index in [0.29, 0.717) is 19.6 Å². The molecule has 1 aliphatic rings. The summed E-state index contributed by atoms with van der Waals surface area (Å²) in [4.78, 5) is 26.2. The minimum atomic E-state index is -0.843. The molecule has 1 rings (SSSR count). The van der Waals surface area contributed by atoms with Crippen LogP contribution in [-0.4, -0.2) is 79.9 Å². The third-order valence-corrected chi connectivity index (χ3v) is 3.46. The molecule has 1 aliphatic heterocycles. The van der Waals surface area contributed by atoms with E-state index in [4.69, 9.17) is 9.84 Å². The van der Waals surface area contributed by atoms with E-state index in [1.807, 2.05) is 14.1 Å². The molecule has 0 unspecified atom stereocenters. The highest BCUT2D eigenvalue weighted by molar-refractivity contribution is 5.74. The SMILES string of the molecule is CN(C)CCCNC(=O)N1CCC(OCCC(=O)O)CC1. The lowest BCUT2D eigenvalue weighted by Gasteiger charge is -2.32. The van der Waals surface area contributed by atoms with Gasteiger partial charge in [0, 0.05) is 19.6 Å². The second-order valence-electron chi connectivity index (χ2n) is 5.59. The van der Waals surface area contributed by atoms with Crippen molar-refractivity contribution in [1.29, 1.82) is 0 Å². The molecule has 0 atom stereocenters. The van der Waals surface area contributed by atoms with Gasteiger partial charge in [-0.2, -0.15) is 0 Å². The van der Waals surface area contributed by atoms with E-state index >= 15 is 0 Å². The summed E-state index contributed by atoms with van der Waals surface area (Å²) < 4.78 is 5.50. The predicted molar refractivity (Wildman–Crippen MR) is 79.4 cm³/mol. The molecule has 0 aromatic heterocycles. The Hall–Kier alpha value is -1.34. The van der Waals surface area contributed by atoms with Crippen LogP contribution in [0.4, 0.5) is 4.79 Å². The molecule has 0 spiro atoms. The third-order valence-electron chi connectivity index (χ3n) is 3.46. The molecule has 7 heteroatoms. The van der Waals surface area contributed by atoms with Gasteiger partial charge in [0.15, 0.2) is 0 Å². The number of carboxylic acids is 1. The molecule has 1 saturated heterocycles. The zero-order chi connectivity index (χ0) is 15.7. The van der Waals surface area contributed by atoms with Crippen LogP contribution in [0.15, 0.2) is 0 Å². The summed E-state index contributed by atoms with van der Waals surface area (Å²) >= 11 is 0. The van der Waals surface area contributed by atoms with Gasteiger partial charge in [0.05, 0.1) is 19.1 Å². The summed E-state index contributed by atoms with van der Waals surface area (Å²) in [6.07, 6.45) is 2.58. The van der Waals surface area contributed by atoms with Gasteiger partial charge in [0.2, 0.25) is 0 Å². The van der Waals surface area contributed by atoms with E-state index in [2.05, 4.69) is 10.2 Å². The lowest BCUT2D eigenvalue weighted by atomic mass is 10.1. The van der Waals surface area contributed by atoms with Crippen LogP contribution in [0.2, 0.25) is 0 Å². The van der Waals surface area contributed by atoms with Crippen molar-refractivity contribution in [3.05, 3.63) is 0 Å². The topological polar surface area (TPSA) is 82.1 Å². The number of carbonyl (C=O) groups excluding carboxylic acids is 1. The highest BCUT2D eigenvalue weighted by Crippen LogP contribution is 2.14. The second-order valence-corrected chi connectivity index (χ2v) is 5.59. The maximum atomic E-state index is 11.9. The first-order valence-electron chi connectivity index (χ1n) is 7.50. The summed E-state index contributed by atoms with van der Waals surface area (Å²) in [7, 11) is 4.02. The molecule has 0 aromatic rings. The summed E-state index contributed by atoms with van der Waals surface area (Å²) in [5.74, 6) is -0.843. The fourth-order valence-corrected chi connectivity index (χ4v) is 2.24. The first-order chi connectivity index (χ1) is 9.99. The van der Waals surface area contributed by atoms with Crippen molar-refractivity contribution in [3.63, 3.8) is 0 Å². The first kappa shape index (κ1) is 17.7. The number of nitrogens with zero attached hydrogens (tertiary/aromatic N) is 2. The normalized spacial score (nSPS) is 16.2. The average molecular weight is 301 g/mol. The standard InChI is InChI=1S/C14H27N3O4/c1-16(2)8-3-7-15-14(20)17-9-4-12(5-10-17)21-11-6-13(18)19/h12H,3-11H2,1-2H3,(H,15,20)(H,18,19). The summed E-state index contributed by atoms with van der Waals surface area (Å²) in [6, 6.07) is -0.0160. The van der Waals surface area contributed by atoms with E-state index in [0.717, 1.165) is 25.8 Å². The van der Waals surface area contributed by atoms with Crippen LogP contribution in [0.25, 0.3) is 0 Å². The molecule has 0 radical (unpaired) electrons. The van der Waals surface area contributed by atoms with Gasteiger partial charge in [-0.25, -0.2) is 4.79 Å². The van der Waals surface area contributed by atoms with Crippen LogP contribution in [0.3, 0.4) is 0 Å². The molecule has 1 heterocycles. The van der Waals surface area contributed by atoms with E-state index < -0.39 is 5.97 Å². The van der Waals surface area contributed by atoms with Gasteiger partial charge in [-0.3, -0.25) is 4.79 Å². The van der Waals surface area contributed by atoms with Crippen molar-refractivity contribution in [1.82, 2.24) is 15.1 Å². The number of ether oxygens (including phenoxy) is 1. The largest absolute Gasteiger partial charge is 0.481 e. The maximum Gasteiger partial charge on any atom is 0.317 e. The lowest BCUT2D eigenvalue weighted by molar-refractivity contribution is -0.138. The van der Waals surface area contributed by atoms with E-state index in [-0.39, 0.29) is 25.2 Å². The van der Waals surface area contributed by atoms with Gasteiger partial charge >= 0.3 is 12.0 Å². The Bertz CT molecular complexity index is 328. The Labute approximate surface area is 126 Å². The molecule has 1 fully saturated rings. The number of carboxylic acid groups (broad SMARTS) is 1. The molecule has 0 aromatic carbocycles. The molecule has 0 saturated carbocycles. The Morgan fingerprint density at radius 2 is 2.00 bits per heavy atom. The maximum absolute atomic E-state index is 11.9. The van der Waals surface area contributed by atoms with Crippen LogP contribution >= 0.6 is 0 Å². The first-order valence-corrected chi connectivity index (χ1v) is 7.50. The smallest absolute Gasteiger partial charge is 0.317 e. The number of likely N-dealkylation sites (tertiary alicyclic amines) is 1. The van der Waals surface area contributed by atoms with Crippen molar-refractivity contribution < 1.29 is 19.4 Å². The number of hydrogen-bond acceptors (Lipinski definition) is 4. The van der Waals surface area contributed by atoms with Crippen molar-refractivity contribution in [2.75, 3.05) is 46.9 Å². The molecule has 21 heavy (non-hydrogen) atoms.